The van der Waals surface area contributed by atoms with Crippen molar-refractivity contribution in [2.45, 2.75) is 19.8 Å². The highest BCUT2D eigenvalue weighted by Gasteiger charge is 2.18. The number of aromatic nitrogens is 1. The fourth-order valence-corrected chi connectivity index (χ4v) is 1.70. The van der Waals surface area contributed by atoms with E-state index in [9.17, 15) is 9.59 Å². The minimum atomic E-state index is -0.969. The average Bonchev–Trinajstić information content (AvgIpc) is 2.52. The van der Waals surface area contributed by atoms with Crippen molar-refractivity contribution in [3.05, 3.63) is 18.3 Å². The smallest absolute Gasteiger partial charge is 0.322 e. The average molecular weight is 320 g/mol. The first kappa shape index (κ1) is 18.2. The first-order valence-corrected chi connectivity index (χ1v) is 7.15. The molecule has 2 N–H and O–H groups in total. The number of unbranched alkanes of at least 4 members (excludes halogenated alkanes) is 1. The summed E-state index contributed by atoms with van der Waals surface area (Å²) in [5.74, 6) is -0.983. The maximum absolute atomic E-state index is 12.1. The molecule has 1 heterocycles. The van der Waals surface area contributed by atoms with Crippen LogP contribution in [0.3, 0.4) is 0 Å². The van der Waals surface area contributed by atoms with Gasteiger partial charge in [-0.05, 0) is 18.6 Å². The molecule has 1 aromatic rings. The van der Waals surface area contributed by atoms with Crippen molar-refractivity contribution in [3.8, 4) is 11.8 Å². The number of urea groups is 1. The van der Waals surface area contributed by atoms with E-state index in [-0.39, 0.29) is 12.4 Å². The number of amides is 2. The van der Waals surface area contributed by atoms with Crippen LogP contribution < -0.4 is 10.1 Å². The van der Waals surface area contributed by atoms with Gasteiger partial charge in [0.2, 0.25) is 0 Å². The Labute approximate surface area is 134 Å². The minimum Gasteiger partial charge on any atom is -0.490 e. The quantitative estimate of drug-likeness (QED) is 0.707. The molecule has 0 aromatic carbocycles. The fourth-order valence-electron chi connectivity index (χ4n) is 1.70. The number of rotatable bonds is 8. The molecule has 0 bridgehead atoms. The SMILES string of the molecule is CC(CN(C)C(=O)Nc1ncccc1OCCCC#N)C(=O)O. The van der Waals surface area contributed by atoms with Crippen molar-refractivity contribution < 1.29 is 19.4 Å². The van der Waals surface area contributed by atoms with E-state index in [0.717, 1.165) is 0 Å². The van der Waals surface area contributed by atoms with E-state index >= 15 is 0 Å². The summed E-state index contributed by atoms with van der Waals surface area (Å²) < 4.78 is 5.50. The van der Waals surface area contributed by atoms with Crippen molar-refractivity contribution in [2.24, 2.45) is 5.92 Å². The monoisotopic (exact) mass is 320 g/mol. The van der Waals surface area contributed by atoms with Gasteiger partial charge in [0.15, 0.2) is 11.6 Å². The van der Waals surface area contributed by atoms with Crippen LogP contribution in [-0.4, -0.2) is 47.2 Å². The Morgan fingerprint density at radius 1 is 1.57 bits per heavy atom. The molecular formula is C15H20N4O4. The first-order chi connectivity index (χ1) is 11.0. The van der Waals surface area contributed by atoms with E-state index in [1.54, 1.807) is 12.1 Å². The van der Waals surface area contributed by atoms with Gasteiger partial charge in [-0.1, -0.05) is 6.92 Å². The molecule has 1 aromatic heterocycles. The van der Waals surface area contributed by atoms with E-state index in [4.69, 9.17) is 15.1 Å². The van der Waals surface area contributed by atoms with Crippen molar-refractivity contribution >= 4 is 17.8 Å². The van der Waals surface area contributed by atoms with Crippen LogP contribution in [0.4, 0.5) is 10.6 Å². The highest BCUT2D eigenvalue weighted by Crippen LogP contribution is 2.21. The van der Waals surface area contributed by atoms with Gasteiger partial charge in [0.25, 0.3) is 0 Å². The highest BCUT2D eigenvalue weighted by atomic mass is 16.5. The van der Waals surface area contributed by atoms with Crippen LogP contribution in [0.5, 0.6) is 5.75 Å². The van der Waals surface area contributed by atoms with E-state index in [1.165, 1.54) is 25.1 Å². The Bertz CT molecular complexity index is 585. The Hall–Kier alpha value is -2.82. The van der Waals surface area contributed by atoms with Gasteiger partial charge in [-0.3, -0.25) is 10.1 Å². The van der Waals surface area contributed by atoms with E-state index in [0.29, 0.717) is 25.2 Å². The third kappa shape index (κ3) is 6.22. The van der Waals surface area contributed by atoms with Crippen LogP contribution in [0.25, 0.3) is 0 Å². The second kappa shape index (κ2) is 9.25. The predicted molar refractivity (Wildman–Crippen MR) is 83.0 cm³/mol. The molecule has 0 fully saturated rings. The number of carboxylic acids is 1. The second-order valence-corrected chi connectivity index (χ2v) is 5.01. The van der Waals surface area contributed by atoms with E-state index in [1.807, 2.05) is 6.07 Å². The lowest BCUT2D eigenvalue weighted by Gasteiger charge is -2.20. The van der Waals surface area contributed by atoms with Crippen molar-refractivity contribution in [3.63, 3.8) is 0 Å². The summed E-state index contributed by atoms with van der Waals surface area (Å²) in [6, 6.07) is 4.88. The number of ether oxygens (including phenoxy) is 1. The molecular weight excluding hydrogens is 300 g/mol. The number of carbonyl (C=O) groups is 2. The molecule has 0 saturated carbocycles. The summed E-state index contributed by atoms with van der Waals surface area (Å²) in [6.07, 6.45) is 2.48. The number of nitrogens with one attached hydrogen (secondary N) is 1. The molecule has 8 heteroatoms. The summed E-state index contributed by atoms with van der Waals surface area (Å²) in [7, 11) is 1.51. The number of carboxylic acid groups (broad SMARTS) is 1. The van der Waals surface area contributed by atoms with E-state index in [2.05, 4.69) is 10.3 Å². The number of nitriles is 1. The molecule has 1 unspecified atom stereocenters. The van der Waals surface area contributed by atoms with Gasteiger partial charge in [-0.2, -0.15) is 5.26 Å². The Balaban J connectivity index is 2.63. The summed E-state index contributed by atoms with van der Waals surface area (Å²) in [5, 5.41) is 19.9. The number of carbonyl (C=O) groups excluding carboxylic acids is 1. The zero-order valence-corrected chi connectivity index (χ0v) is 13.2. The van der Waals surface area contributed by atoms with Crippen LogP contribution in [0.1, 0.15) is 19.8 Å². The lowest BCUT2D eigenvalue weighted by Crippen LogP contribution is -2.36. The van der Waals surface area contributed by atoms with Crippen molar-refractivity contribution in [1.82, 2.24) is 9.88 Å². The maximum atomic E-state index is 12.1. The zero-order valence-electron chi connectivity index (χ0n) is 13.2. The van der Waals surface area contributed by atoms with Gasteiger partial charge in [-0.15, -0.1) is 0 Å². The summed E-state index contributed by atoms with van der Waals surface area (Å²) in [5.41, 5.74) is 0. The topological polar surface area (TPSA) is 116 Å². The molecule has 0 spiro atoms. The van der Waals surface area contributed by atoms with Crippen LogP contribution in [0.15, 0.2) is 18.3 Å². The molecule has 0 aliphatic rings. The summed E-state index contributed by atoms with van der Waals surface area (Å²) in [6.45, 7) is 1.94. The molecule has 1 rings (SSSR count). The molecule has 1 atom stereocenters. The number of hydrogen-bond acceptors (Lipinski definition) is 5. The number of anilines is 1. The molecule has 0 aliphatic carbocycles. The highest BCUT2D eigenvalue weighted by molar-refractivity contribution is 5.89. The fraction of sp³-hybridized carbons (Fsp3) is 0.467. The third-order valence-corrected chi connectivity index (χ3v) is 3.00. The van der Waals surface area contributed by atoms with Crippen LogP contribution in [-0.2, 0) is 4.79 Å². The first-order valence-electron chi connectivity index (χ1n) is 7.15. The summed E-state index contributed by atoms with van der Waals surface area (Å²) in [4.78, 5) is 28.2. The van der Waals surface area contributed by atoms with Crippen LogP contribution in [0.2, 0.25) is 0 Å². The molecule has 124 valence electrons. The van der Waals surface area contributed by atoms with Crippen LogP contribution in [0, 0.1) is 17.2 Å². The minimum absolute atomic E-state index is 0.0758. The van der Waals surface area contributed by atoms with Gasteiger partial charge >= 0.3 is 12.0 Å². The molecule has 0 radical (unpaired) electrons. The molecule has 8 nitrogen and oxygen atoms in total. The molecule has 2 amide bonds. The van der Waals surface area contributed by atoms with Gasteiger partial charge in [0.1, 0.15) is 0 Å². The number of nitrogens with zero attached hydrogens (tertiary/aromatic N) is 3. The lowest BCUT2D eigenvalue weighted by molar-refractivity contribution is -0.141. The second-order valence-electron chi connectivity index (χ2n) is 5.01. The molecule has 0 aliphatic heterocycles. The maximum Gasteiger partial charge on any atom is 0.322 e. The van der Waals surface area contributed by atoms with Crippen LogP contribution >= 0.6 is 0 Å². The zero-order chi connectivity index (χ0) is 17.2. The Kier molecular flexibility index (Phi) is 7.33. The van der Waals surface area contributed by atoms with Crippen molar-refractivity contribution in [2.75, 3.05) is 25.5 Å². The predicted octanol–water partition coefficient (Wildman–Crippen LogP) is 1.95. The normalized spacial score (nSPS) is 11.2. The Morgan fingerprint density at radius 3 is 2.96 bits per heavy atom. The van der Waals surface area contributed by atoms with Gasteiger partial charge in [0, 0.05) is 26.2 Å². The number of hydrogen-bond donors (Lipinski definition) is 2. The van der Waals surface area contributed by atoms with Crippen molar-refractivity contribution in [1.29, 1.82) is 5.26 Å². The third-order valence-electron chi connectivity index (χ3n) is 3.00. The van der Waals surface area contributed by atoms with Gasteiger partial charge in [-0.25, -0.2) is 9.78 Å². The van der Waals surface area contributed by atoms with Gasteiger partial charge < -0.3 is 14.7 Å². The lowest BCUT2D eigenvalue weighted by atomic mass is 10.2. The molecule has 0 saturated heterocycles. The number of aliphatic carboxylic acids is 1. The summed E-state index contributed by atoms with van der Waals surface area (Å²) >= 11 is 0. The standard InChI is InChI=1S/C15H20N4O4/c1-11(14(20)21)10-19(2)15(22)18-13-12(6-5-8-17-13)23-9-4-3-7-16/h5-6,8,11H,3-4,9-10H2,1-2H3,(H,20,21)(H,17,18,22). The Morgan fingerprint density at radius 2 is 2.30 bits per heavy atom. The number of pyridine rings is 1. The van der Waals surface area contributed by atoms with Gasteiger partial charge in [0.05, 0.1) is 18.6 Å². The molecule has 23 heavy (non-hydrogen) atoms. The largest absolute Gasteiger partial charge is 0.490 e. The van der Waals surface area contributed by atoms with E-state index < -0.39 is 17.9 Å².